The average molecular weight is 300 g/mol. The maximum Gasteiger partial charge on any atom is 0.252 e. The molecule has 0 bridgehead atoms. The van der Waals surface area contributed by atoms with Crippen LogP contribution in [0.25, 0.3) is 0 Å². The summed E-state index contributed by atoms with van der Waals surface area (Å²) in [5.41, 5.74) is 1.39. The first-order chi connectivity index (χ1) is 10.1. The van der Waals surface area contributed by atoms with Gasteiger partial charge in [-0.15, -0.1) is 11.8 Å². The maximum atomic E-state index is 12.3. The summed E-state index contributed by atoms with van der Waals surface area (Å²) in [7, 11) is 1.67. The Morgan fingerprint density at radius 3 is 2.95 bits per heavy atom. The number of pyridine rings is 1. The fraction of sp³-hybridized carbons (Fsp3) is 0.250. The average Bonchev–Trinajstić information content (AvgIpc) is 2.50. The Bertz CT molecular complexity index is 739. The second kappa shape index (κ2) is 5.77. The second-order valence-corrected chi connectivity index (χ2v) is 6.20. The molecule has 1 atom stereocenters. The van der Waals surface area contributed by atoms with Gasteiger partial charge in [-0.3, -0.25) is 9.59 Å². The molecule has 3 rings (SSSR count). The highest BCUT2D eigenvalue weighted by atomic mass is 32.2. The Morgan fingerprint density at radius 2 is 2.14 bits per heavy atom. The number of aryl methyl sites for hydroxylation is 1. The highest BCUT2D eigenvalue weighted by Gasteiger charge is 2.22. The van der Waals surface area contributed by atoms with Gasteiger partial charge in [-0.1, -0.05) is 18.2 Å². The van der Waals surface area contributed by atoms with E-state index in [1.165, 1.54) is 15.5 Å². The number of benzene rings is 1. The van der Waals surface area contributed by atoms with Crippen LogP contribution >= 0.6 is 11.8 Å². The first-order valence-corrected chi connectivity index (χ1v) is 7.83. The number of carbonyl (C=O) groups excluding carboxylic acids is 1. The number of nitrogens with zero attached hydrogens (tertiary/aromatic N) is 1. The normalized spacial score (nSPS) is 17.1. The zero-order valence-corrected chi connectivity index (χ0v) is 12.5. The van der Waals surface area contributed by atoms with Crippen LogP contribution in [0.4, 0.5) is 0 Å². The van der Waals surface area contributed by atoms with Gasteiger partial charge in [0.15, 0.2) is 0 Å². The number of fused-ring (bicyclic) bond motifs is 1. The predicted octanol–water partition coefficient (Wildman–Crippen LogP) is 2.35. The molecule has 1 aromatic carbocycles. The van der Waals surface area contributed by atoms with E-state index in [-0.39, 0.29) is 17.5 Å². The SMILES string of the molecule is Cn1ccc(C(=O)N[C@H]2CCSc3ccccc32)cc1=O. The highest BCUT2D eigenvalue weighted by Crippen LogP contribution is 2.35. The van der Waals surface area contributed by atoms with Crippen LogP contribution in [0.2, 0.25) is 0 Å². The summed E-state index contributed by atoms with van der Waals surface area (Å²) in [6.07, 6.45) is 2.51. The molecule has 0 fully saturated rings. The summed E-state index contributed by atoms with van der Waals surface area (Å²) in [5, 5.41) is 3.04. The molecule has 1 amide bonds. The van der Waals surface area contributed by atoms with E-state index in [0.717, 1.165) is 17.7 Å². The van der Waals surface area contributed by atoms with Gasteiger partial charge in [-0.25, -0.2) is 0 Å². The standard InChI is InChI=1S/C16H16N2O2S/c1-18-8-6-11(10-15(18)19)16(20)17-13-7-9-21-14-5-3-2-4-12(13)14/h2-6,8,10,13H,7,9H2,1H3,(H,17,20)/t13-/m0/s1. The summed E-state index contributed by atoms with van der Waals surface area (Å²) in [6.45, 7) is 0. The van der Waals surface area contributed by atoms with Gasteiger partial charge in [0.2, 0.25) is 0 Å². The van der Waals surface area contributed by atoms with E-state index < -0.39 is 0 Å². The summed E-state index contributed by atoms with van der Waals surface area (Å²) in [5.74, 6) is 0.790. The number of thioether (sulfide) groups is 1. The lowest BCUT2D eigenvalue weighted by Gasteiger charge is -2.25. The van der Waals surface area contributed by atoms with Gasteiger partial charge in [-0.2, -0.15) is 0 Å². The van der Waals surface area contributed by atoms with Gasteiger partial charge in [0.25, 0.3) is 11.5 Å². The van der Waals surface area contributed by atoms with E-state index in [1.54, 1.807) is 19.3 Å². The Kier molecular flexibility index (Phi) is 3.84. The number of rotatable bonds is 2. The van der Waals surface area contributed by atoms with Gasteiger partial charge < -0.3 is 9.88 Å². The van der Waals surface area contributed by atoms with Gasteiger partial charge in [-0.05, 0) is 24.1 Å². The highest BCUT2D eigenvalue weighted by molar-refractivity contribution is 7.99. The van der Waals surface area contributed by atoms with Crippen molar-refractivity contribution in [3.63, 3.8) is 0 Å². The Balaban J connectivity index is 1.82. The zero-order valence-electron chi connectivity index (χ0n) is 11.7. The van der Waals surface area contributed by atoms with Crippen molar-refractivity contribution in [1.29, 1.82) is 0 Å². The monoisotopic (exact) mass is 300 g/mol. The third kappa shape index (κ3) is 2.88. The van der Waals surface area contributed by atoms with E-state index in [0.29, 0.717) is 5.56 Å². The minimum Gasteiger partial charge on any atom is -0.345 e. The lowest BCUT2D eigenvalue weighted by molar-refractivity contribution is 0.0934. The minimum atomic E-state index is -0.195. The van der Waals surface area contributed by atoms with E-state index in [4.69, 9.17) is 0 Å². The Labute approximate surface area is 127 Å². The molecule has 0 saturated heterocycles. The molecule has 108 valence electrons. The van der Waals surface area contributed by atoms with Crippen molar-refractivity contribution in [2.24, 2.45) is 7.05 Å². The fourth-order valence-corrected chi connectivity index (χ4v) is 3.55. The van der Waals surface area contributed by atoms with Gasteiger partial charge in [0.05, 0.1) is 6.04 Å². The Morgan fingerprint density at radius 1 is 1.33 bits per heavy atom. The van der Waals surface area contributed by atoms with E-state index in [1.807, 2.05) is 23.9 Å². The minimum absolute atomic E-state index is 0.0130. The van der Waals surface area contributed by atoms with Crippen LogP contribution in [0.3, 0.4) is 0 Å². The molecule has 0 spiro atoms. The zero-order chi connectivity index (χ0) is 14.8. The second-order valence-electron chi connectivity index (χ2n) is 5.07. The van der Waals surface area contributed by atoms with Crippen molar-refractivity contribution in [2.45, 2.75) is 17.4 Å². The van der Waals surface area contributed by atoms with Crippen LogP contribution < -0.4 is 10.9 Å². The number of aromatic nitrogens is 1. The van der Waals surface area contributed by atoms with Gasteiger partial charge in [0, 0.05) is 35.5 Å². The fourth-order valence-electron chi connectivity index (χ4n) is 2.42. The van der Waals surface area contributed by atoms with Gasteiger partial charge >= 0.3 is 0 Å². The molecule has 0 saturated carbocycles. The molecule has 21 heavy (non-hydrogen) atoms. The van der Waals surface area contributed by atoms with Crippen LogP contribution in [-0.2, 0) is 7.05 Å². The molecule has 1 N–H and O–H groups in total. The summed E-state index contributed by atoms with van der Waals surface area (Å²) in [4.78, 5) is 25.2. The van der Waals surface area contributed by atoms with Crippen molar-refractivity contribution in [2.75, 3.05) is 5.75 Å². The molecule has 1 aliphatic rings. The largest absolute Gasteiger partial charge is 0.345 e. The summed E-state index contributed by atoms with van der Waals surface area (Å²) >= 11 is 1.82. The molecule has 1 aliphatic heterocycles. The third-order valence-corrected chi connectivity index (χ3v) is 4.75. The van der Waals surface area contributed by atoms with Crippen molar-refractivity contribution in [3.05, 3.63) is 64.1 Å². The van der Waals surface area contributed by atoms with Crippen LogP contribution in [0.5, 0.6) is 0 Å². The van der Waals surface area contributed by atoms with E-state index in [2.05, 4.69) is 17.4 Å². The topological polar surface area (TPSA) is 51.1 Å². The molecule has 0 radical (unpaired) electrons. The number of hydrogen-bond donors (Lipinski definition) is 1. The van der Waals surface area contributed by atoms with Gasteiger partial charge in [0.1, 0.15) is 0 Å². The van der Waals surface area contributed by atoms with Crippen molar-refractivity contribution >= 4 is 17.7 Å². The lowest BCUT2D eigenvalue weighted by Crippen LogP contribution is -2.31. The molecular formula is C16H16N2O2S. The molecular weight excluding hydrogens is 284 g/mol. The van der Waals surface area contributed by atoms with Crippen molar-refractivity contribution in [1.82, 2.24) is 9.88 Å². The lowest BCUT2D eigenvalue weighted by atomic mass is 10.0. The van der Waals surface area contributed by atoms with Crippen LogP contribution in [-0.4, -0.2) is 16.2 Å². The van der Waals surface area contributed by atoms with Crippen molar-refractivity contribution in [3.8, 4) is 0 Å². The maximum absolute atomic E-state index is 12.3. The number of hydrogen-bond acceptors (Lipinski definition) is 3. The summed E-state index contributed by atoms with van der Waals surface area (Å²) < 4.78 is 1.45. The van der Waals surface area contributed by atoms with Crippen LogP contribution in [0.1, 0.15) is 28.4 Å². The quantitative estimate of drug-likeness (QED) is 0.926. The third-order valence-electron chi connectivity index (χ3n) is 3.63. The summed E-state index contributed by atoms with van der Waals surface area (Å²) in [6, 6.07) is 11.2. The van der Waals surface area contributed by atoms with Crippen molar-refractivity contribution < 1.29 is 4.79 Å². The van der Waals surface area contributed by atoms with Crippen LogP contribution in [0.15, 0.2) is 52.3 Å². The molecule has 1 aromatic heterocycles. The van der Waals surface area contributed by atoms with Crippen LogP contribution in [0, 0.1) is 0 Å². The first kappa shape index (κ1) is 13.9. The molecule has 5 heteroatoms. The van der Waals surface area contributed by atoms with E-state index >= 15 is 0 Å². The molecule has 2 heterocycles. The Hall–Kier alpha value is -2.01. The number of nitrogens with one attached hydrogen (secondary N) is 1. The smallest absolute Gasteiger partial charge is 0.252 e. The molecule has 2 aromatic rings. The number of amides is 1. The number of carbonyl (C=O) groups is 1. The molecule has 0 aliphatic carbocycles. The molecule has 4 nitrogen and oxygen atoms in total. The van der Waals surface area contributed by atoms with E-state index in [9.17, 15) is 9.59 Å². The first-order valence-electron chi connectivity index (χ1n) is 6.84. The molecule has 0 unspecified atom stereocenters. The predicted molar refractivity (Wildman–Crippen MR) is 83.7 cm³/mol.